The minimum Gasteiger partial charge on any atom is -0.330 e. The summed E-state index contributed by atoms with van der Waals surface area (Å²) in [5.74, 6) is 0.320. The average Bonchev–Trinajstić information content (AvgIpc) is 3.19. The minimum absolute atomic E-state index is 0.00136. The quantitative estimate of drug-likeness (QED) is 0.850. The highest BCUT2D eigenvalue weighted by Gasteiger charge is 2.31. The first-order valence-corrected chi connectivity index (χ1v) is 9.10. The number of carbonyl (C=O) groups is 1. The van der Waals surface area contributed by atoms with Gasteiger partial charge in [0.25, 0.3) is 0 Å². The first-order valence-electron chi connectivity index (χ1n) is 7.91. The SMILES string of the molecule is Cn1cnnc1Sc1ccc(NC(=O)[C@@H]2CCC[C@@H]2CN)cc1Cl. The third-order valence-corrected chi connectivity index (χ3v) is 5.92. The molecular formula is C16H20ClN5OS. The second kappa shape index (κ2) is 7.55. The Bertz CT molecular complexity index is 735. The topological polar surface area (TPSA) is 85.8 Å². The van der Waals surface area contributed by atoms with E-state index in [1.807, 2.05) is 23.7 Å². The van der Waals surface area contributed by atoms with Gasteiger partial charge in [-0.15, -0.1) is 10.2 Å². The summed E-state index contributed by atoms with van der Waals surface area (Å²) < 4.78 is 1.82. The lowest BCUT2D eigenvalue weighted by molar-refractivity contribution is -0.120. The van der Waals surface area contributed by atoms with Crippen molar-refractivity contribution in [1.82, 2.24) is 14.8 Å². The maximum Gasteiger partial charge on any atom is 0.227 e. The monoisotopic (exact) mass is 365 g/mol. The molecule has 1 fully saturated rings. The Labute approximate surface area is 150 Å². The van der Waals surface area contributed by atoms with Gasteiger partial charge < -0.3 is 15.6 Å². The number of hydrogen-bond acceptors (Lipinski definition) is 5. The molecule has 0 unspecified atom stereocenters. The van der Waals surface area contributed by atoms with Crippen LogP contribution in [-0.2, 0) is 11.8 Å². The lowest BCUT2D eigenvalue weighted by Crippen LogP contribution is -2.29. The Hall–Kier alpha value is -1.57. The fourth-order valence-electron chi connectivity index (χ4n) is 3.02. The van der Waals surface area contributed by atoms with Crippen LogP contribution in [0.3, 0.4) is 0 Å². The molecule has 2 aromatic rings. The number of amides is 1. The highest BCUT2D eigenvalue weighted by molar-refractivity contribution is 7.99. The van der Waals surface area contributed by atoms with Crippen molar-refractivity contribution in [3.05, 3.63) is 29.5 Å². The zero-order chi connectivity index (χ0) is 17.1. The molecule has 0 saturated heterocycles. The van der Waals surface area contributed by atoms with Crippen LogP contribution >= 0.6 is 23.4 Å². The van der Waals surface area contributed by atoms with Gasteiger partial charge in [0.1, 0.15) is 6.33 Å². The van der Waals surface area contributed by atoms with Crippen molar-refractivity contribution >= 4 is 35.0 Å². The summed E-state index contributed by atoms with van der Waals surface area (Å²) in [5.41, 5.74) is 6.46. The van der Waals surface area contributed by atoms with E-state index in [0.29, 0.717) is 17.3 Å². The summed E-state index contributed by atoms with van der Waals surface area (Å²) in [7, 11) is 1.88. The Morgan fingerprint density at radius 2 is 2.33 bits per heavy atom. The van der Waals surface area contributed by atoms with Gasteiger partial charge in [-0.05, 0) is 55.3 Å². The Morgan fingerprint density at radius 1 is 1.50 bits per heavy atom. The molecule has 0 aliphatic heterocycles. The molecule has 1 aliphatic rings. The van der Waals surface area contributed by atoms with Crippen molar-refractivity contribution in [3.63, 3.8) is 0 Å². The lowest BCUT2D eigenvalue weighted by Gasteiger charge is -2.17. The molecule has 1 aliphatic carbocycles. The van der Waals surface area contributed by atoms with E-state index in [1.165, 1.54) is 11.8 Å². The molecule has 1 aromatic carbocycles. The predicted octanol–water partition coefficient (Wildman–Crippen LogP) is 2.93. The number of halogens is 1. The second-order valence-electron chi connectivity index (χ2n) is 5.99. The zero-order valence-corrected chi connectivity index (χ0v) is 15.0. The van der Waals surface area contributed by atoms with Crippen LogP contribution in [0.2, 0.25) is 5.02 Å². The predicted molar refractivity (Wildman–Crippen MR) is 95.1 cm³/mol. The van der Waals surface area contributed by atoms with Gasteiger partial charge in [0, 0.05) is 23.5 Å². The molecular weight excluding hydrogens is 346 g/mol. The molecule has 128 valence electrons. The van der Waals surface area contributed by atoms with Gasteiger partial charge in [0.05, 0.1) is 5.02 Å². The van der Waals surface area contributed by atoms with Gasteiger partial charge in [-0.1, -0.05) is 18.0 Å². The van der Waals surface area contributed by atoms with E-state index in [4.69, 9.17) is 17.3 Å². The van der Waals surface area contributed by atoms with Crippen molar-refractivity contribution in [3.8, 4) is 0 Å². The fraction of sp³-hybridized carbons (Fsp3) is 0.438. The third-order valence-electron chi connectivity index (χ3n) is 4.37. The Morgan fingerprint density at radius 3 is 3.00 bits per heavy atom. The van der Waals surface area contributed by atoms with E-state index in [9.17, 15) is 4.79 Å². The van der Waals surface area contributed by atoms with Crippen LogP contribution in [0.15, 0.2) is 34.6 Å². The molecule has 1 heterocycles. The van der Waals surface area contributed by atoms with E-state index in [-0.39, 0.29) is 17.7 Å². The largest absolute Gasteiger partial charge is 0.330 e. The van der Waals surface area contributed by atoms with Crippen LogP contribution in [0.25, 0.3) is 0 Å². The number of aromatic nitrogens is 3. The smallest absolute Gasteiger partial charge is 0.227 e. The maximum atomic E-state index is 12.4. The molecule has 2 atom stereocenters. The van der Waals surface area contributed by atoms with Gasteiger partial charge in [0.2, 0.25) is 5.91 Å². The number of nitrogens with zero attached hydrogens (tertiary/aromatic N) is 3. The van der Waals surface area contributed by atoms with Crippen LogP contribution in [0.1, 0.15) is 19.3 Å². The first-order chi connectivity index (χ1) is 11.6. The molecule has 1 saturated carbocycles. The number of aryl methyl sites for hydroxylation is 1. The number of rotatable bonds is 5. The summed E-state index contributed by atoms with van der Waals surface area (Å²) in [6.07, 6.45) is 4.64. The standard InChI is InChI=1S/C16H20ClN5OS/c1-22-9-19-21-16(22)24-14-6-5-11(7-13(14)17)20-15(23)12-4-2-3-10(12)8-18/h5-7,9-10,12H,2-4,8,18H2,1H3,(H,20,23)/t10-,12-/m1/s1. The van der Waals surface area contributed by atoms with Crippen LogP contribution < -0.4 is 11.1 Å². The number of nitrogens with two attached hydrogens (primary N) is 1. The zero-order valence-electron chi connectivity index (χ0n) is 13.4. The summed E-state index contributed by atoms with van der Waals surface area (Å²) in [4.78, 5) is 13.3. The van der Waals surface area contributed by atoms with Crippen LogP contribution in [-0.4, -0.2) is 27.2 Å². The van der Waals surface area contributed by atoms with E-state index >= 15 is 0 Å². The van der Waals surface area contributed by atoms with E-state index < -0.39 is 0 Å². The van der Waals surface area contributed by atoms with Crippen LogP contribution in [0.5, 0.6) is 0 Å². The molecule has 0 bridgehead atoms. The Balaban J connectivity index is 1.68. The molecule has 1 aromatic heterocycles. The summed E-state index contributed by atoms with van der Waals surface area (Å²) in [5, 5.41) is 12.2. The van der Waals surface area contributed by atoms with Crippen molar-refractivity contribution < 1.29 is 4.79 Å². The Kier molecular flexibility index (Phi) is 5.43. The van der Waals surface area contributed by atoms with Crippen LogP contribution in [0, 0.1) is 11.8 Å². The summed E-state index contributed by atoms with van der Waals surface area (Å²) in [6, 6.07) is 5.51. The normalized spacial score (nSPS) is 20.3. The summed E-state index contributed by atoms with van der Waals surface area (Å²) in [6.45, 7) is 0.562. The molecule has 24 heavy (non-hydrogen) atoms. The van der Waals surface area contributed by atoms with Gasteiger partial charge in [0.15, 0.2) is 5.16 Å². The number of nitrogens with one attached hydrogen (secondary N) is 1. The number of hydrogen-bond donors (Lipinski definition) is 2. The fourth-order valence-corrected chi connectivity index (χ4v) is 4.09. The molecule has 0 spiro atoms. The molecule has 0 radical (unpaired) electrons. The average molecular weight is 366 g/mol. The van der Waals surface area contributed by atoms with Gasteiger partial charge in [-0.2, -0.15) is 0 Å². The lowest BCUT2D eigenvalue weighted by atomic mass is 9.95. The van der Waals surface area contributed by atoms with Crippen molar-refractivity contribution in [1.29, 1.82) is 0 Å². The first kappa shape index (κ1) is 17.3. The van der Waals surface area contributed by atoms with Crippen molar-refractivity contribution in [2.24, 2.45) is 24.6 Å². The second-order valence-corrected chi connectivity index (χ2v) is 7.41. The minimum atomic E-state index is 0.00136. The van der Waals surface area contributed by atoms with Gasteiger partial charge in [-0.25, -0.2) is 0 Å². The molecule has 6 nitrogen and oxygen atoms in total. The summed E-state index contributed by atoms with van der Waals surface area (Å²) >= 11 is 7.78. The number of benzene rings is 1. The van der Waals surface area contributed by atoms with Crippen LogP contribution in [0.4, 0.5) is 5.69 Å². The number of carbonyl (C=O) groups excluding carboxylic acids is 1. The highest BCUT2D eigenvalue weighted by atomic mass is 35.5. The molecule has 1 amide bonds. The third kappa shape index (κ3) is 3.74. The molecule has 8 heteroatoms. The molecule has 3 N–H and O–H groups in total. The van der Waals surface area contributed by atoms with E-state index in [1.54, 1.807) is 12.4 Å². The van der Waals surface area contributed by atoms with Gasteiger partial charge in [-0.3, -0.25) is 4.79 Å². The van der Waals surface area contributed by atoms with E-state index in [0.717, 1.165) is 29.3 Å². The van der Waals surface area contributed by atoms with Crippen molar-refractivity contribution in [2.45, 2.75) is 29.3 Å². The number of anilines is 1. The van der Waals surface area contributed by atoms with Gasteiger partial charge >= 0.3 is 0 Å². The maximum absolute atomic E-state index is 12.4. The highest BCUT2D eigenvalue weighted by Crippen LogP contribution is 2.35. The molecule has 3 rings (SSSR count). The van der Waals surface area contributed by atoms with E-state index in [2.05, 4.69) is 15.5 Å². The van der Waals surface area contributed by atoms with Crippen molar-refractivity contribution in [2.75, 3.05) is 11.9 Å².